The highest BCUT2D eigenvalue weighted by Crippen LogP contribution is 2.25. The quantitative estimate of drug-likeness (QED) is 0.389. The standard InChI is InChI=1S/C23H37BrN2O3/c1-4-5-6-16-25(2)17-7-18-28-21-14-10-20(11-15-21)26(3)23(27)29-22-12-8-19(24)9-13-22/h8-9,12-13,20-21H,4-7,10-11,14-18H2,1-3H3/t20-,21-. The van der Waals surface area contributed by atoms with Crippen molar-refractivity contribution in [2.24, 2.45) is 0 Å². The van der Waals surface area contributed by atoms with Crippen LogP contribution >= 0.6 is 15.9 Å². The van der Waals surface area contributed by atoms with E-state index in [2.05, 4.69) is 34.8 Å². The molecule has 1 aromatic rings. The first-order valence-corrected chi connectivity index (χ1v) is 11.8. The van der Waals surface area contributed by atoms with Gasteiger partial charge in [-0.1, -0.05) is 35.7 Å². The van der Waals surface area contributed by atoms with Gasteiger partial charge in [0.25, 0.3) is 0 Å². The van der Waals surface area contributed by atoms with Gasteiger partial charge in [-0.25, -0.2) is 4.79 Å². The zero-order valence-corrected chi connectivity index (χ0v) is 19.8. The van der Waals surface area contributed by atoms with Crippen molar-refractivity contribution in [1.29, 1.82) is 0 Å². The van der Waals surface area contributed by atoms with Crippen molar-refractivity contribution < 1.29 is 14.3 Å². The number of amides is 1. The molecule has 0 spiro atoms. The van der Waals surface area contributed by atoms with E-state index >= 15 is 0 Å². The third-order valence-electron chi connectivity index (χ3n) is 5.68. The molecule has 1 fully saturated rings. The highest BCUT2D eigenvalue weighted by Gasteiger charge is 2.27. The number of hydrogen-bond donors (Lipinski definition) is 0. The summed E-state index contributed by atoms with van der Waals surface area (Å²) in [5.74, 6) is 0.571. The van der Waals surface area contributed by atoms with Crippen molar-refractivity contribution in [2.75, 3.05) is 33.8 Å². The Bertz CT molecular complexity index is 588. The fraction of sp³-hybridized carbons (Fsp3) is 0.696. The zero-order chi connectivity index (χ0) is 21.1. The number of carbonyl (C=O) groups excluding carboxylic acids is 1. The van der Waals surface area contributed by atoms with E-state index in [-0.39, 0.29) is 12.1 Å². The molecule has 0 bridgehead atoms. The summed E-state index contributed by atoms with van der Waals surface area (Å²) < 4.78 is 12.5. The first kappa shape index (κ1) is 24.2. The van der Waals surface area contributed by atoms with Gasteiger partial charge in [0.2, 0.25) is 0 Å². The third-order valence-corrected chi connectivity index (χ3v) is 6.21. The summed E-state index contributed by atoms with van der Waals surface area (Å²) in [6.07, 6.45) is 8.94. The van der Waals surface area contributed by atoms with Gasteiger partial charge in [0.15, 0.2) is 0 Å². The number of nitrogens with zero attached hydrogens (tertiary/aromatic N) is 2. The second-order valence-corrected chi connectivity index (χ2v) is 9.01. The number of ether oxygens (including phenoxy) is 2. The molecule has 0 atom stereocenters. The number of halogens is 1. The van der Waals surface area contributed by atoms with Gasteiger partial charge in [-0.05, 0) is 76.4 Å². The monoisotopic (exact) mass is 468 g/mol. The number of rotatable bonds is 11. The van der Waals surface area contributed by atoms with Crippen LogP contribution in [0.25, 0.3) is 0 Å². The molecule has 29 heavy (non-hydrogen) atoms. The van der Waals surface area contributed by atoms with Crippen LogP contribution in [0.3, 0.4) is 0 Å². The van der Waals surface area contributed by atoms with Crippen LogP contribution < -0.4 is 4.74 Å². The van der Waals surface area contributed by atoms with E-state index in [0.717, 1.165) is 49.7 Å². The van der Waals surface area contributed by atoms with Crippen LogP contribution in [-0.2, 0) is 4.74 Å². The van der Waals surface area contributed by atoms with Crippen molar-refractivity contribution in [3.63, 3.8) is 0 Å². The Balaban J connectivity index is 1.60. The lowest BCUT2D eigenvalue weighted by Crippen LogP contribution is -2.42. The first-order chi connectivity index (χ1) is 14.0. The van der Waals surface area contributed by atoms with E-state index in [1.54, 1.807) is 17.0 Å². The molecule has 5 nitrogen and oxygen atoms in total. The van der Waals surface area contributed by atoms with E-state index in [1.807, 2.05) is 19.2 Å². The summed E-state index contributed by atoms with van der Waals surface area (Å²) in [5.41, 5.74) is 0. The third kappa shape index (κ3) is 9.06. The SMILES string of the molecule is CCCCCN(C)CCCO[C@H]1CC[C@H](N(C)C(=O)Oc2ccc(Br)cc2)CC1. The van der Waals surface area contributed by atoms with Crippen molar-refractivity contribution in [3.8, 4) is 5.75 Å². The van der Waals surface area contributed by atoms with Crippen LogP contribution in [0.1, 0.15) is 58.3 Å². The highest BCUT2D eigenvalue weighted by atomic mass is 79.9. The molecular formula is C23H37BrN2O3. The second-order valence-electron chi connectivity index (χ2n) is 8.10. The lowest BCUT2D eigenvalue weighted by atomic mass is 9.92. The minimum Gasteiger partial charge on any atom is -0.410 e. The minimum absolute atomic E-state index is 0.225. The highest BCUT2D eigenvalue weighted by molar-refractivity contribution is 9.10. The van der Waals surface area contributed by atoms with E-state index in [1.165, 1.54) is 25.8 Å². The van der Waals surface area contributed by atoms with Crippen molar-refractivity contribution in [2.45, 2.75) is 70.4 Å². The summed E-state index contributed by atoms with van der Waals surface area (Å²) in [6.45, 7) is 5.35. The molecule has 0 heterocycles. The van der Waals surface area contributed by atoms with Crippen LogP contribution in [0, 0.1) is 0 Å². The van der Waals surface area contributed by atoms with Gasteiger partial charge in [0.05, 0.1) is 6.10 Å². The number of carbonyl (C=O) groups is 1. The van der Waals surface area contributed by atoms with Crippen LogP contribution in [0.4, 0.5) is 4.79 Å². The van der Waals surface area contributed by atoms with Gasteiger partial charge in [0.1, 0.15) is 5.75 Å². The summed E-state index contributed by atoms with van der Waals surface area (Å²) in [6, 6.07) is 7.55. The average Bonchev–Trinajstić information content (AvgIpc) is 2.73. The van der Waals surface area contributed by atoms with Crippen LogP contribution in [-0.4, -0.2) is 61.8 Å². The number of benzene rings is 1. The largest absolute Gasteiger partial charge is 0.415 e. The number of unbranched alkanes of at least 4 members (excludes halogenated alkanes) is 2. The molecule has 1 amide bonds. The molecule has 1 aromatic carbocycles. The summed E-state index contributed by atoms with van der Waals surface area (Å²) >= 11 is 3.39. The molecule has 164 valence electrons. The summed E-state index contributed by atoms with van der Waals surface area (Å²) in [7, 11) is 4.03. The van der Waals surface area contributed by atoms with Gasteiger partial charge >= 0.3 is 6.09 Å². The topological polar surface area (TPSA) is 42.0 Å². The molecular weight excluding hydrogens is 432 g/mol. The fourth-order valence-corrected chi connectivity index (χ4v) is 4.02. The van der Waals surface area contributed by atoms with Gasteiger partial charge in [-0.15, -0.1) is 0 Å². The molecule has 0 aliphatic heterocycles. The van der Waals surface area contributed by atoms with Crippen LogP contribution in [0.5, 0.6) is 5.75 Å². The first-order valence-electron chi connectivity index (χ1n) is 11.0. The molecule has 0 unspecified atom stereocenters. The van der Waals surface area contributed by atoms with E-state index in [9.17, 15) is 4.79 Å². The van der Waals surface area contributed by atoms with Gasteiger partial charge in [-0.2, -0.15) is 0 Å². The normalized spacial score (nSPS) is 19.3. The molecule has 1 saturated carbocycles. The molecule has 0 saturated heterocycles. The summed E-state index contributed by atoms with van der Waals surface area (Å²) in [5, 5.41) is 0. The van der Waals surface area contributed by atoms with Crippen LogP contribution in [0.15, 0.2) is 28.7 Å². The Labute approximate surface area is 184 Å². The molecule has 0 aromatic heterocycles. The minimum atomic E-state index is -0.289. The van der Waals surface area contributed by atoms with E-state index in [0.29, 0.717) is 11.9 Å². The van der Waals surface area contributed by atoms with Gasteiger partial charge < -0.3 is 19.3 Å². The fourth-order valence-electron chi connectivity index (χ4n) is 3.75. The Morgan fingerprint density at radius 2 is 1.69 bits per heavy atom. The Kier molecular flexibility index (Phi) is 11.0. The van der Waals surface area contributed by atoms with Gasteiger partial charge in [0, 0.05) is 30.7 Å². The second kappa shape index (κ2) is 13.2. The van der Waals surface area contributed by atoms with Crippen molar-refractivity contribution in [1.82, 2.24) is 9.80 Å². The van der Waals surface area contributed by atoms with Gasteiger partial charge in [-0.3, -0.25) is 0 Å². The Morgan fingerprint density at radius 3 is 2.34 bits per heavy atom. The van der Waals surface area contributed by atoms with Crippen LogP contribution in [0.2, 0.25) is 0 Å². The molecule has 2 rings (SSSR count). The van der Waals surface area contributed by atoms with E-state index < -0.39 is 0 Å². The maximum absolute atomic E-state index is 12.4. The maximum atomic E-state index is 12.4. The Morgan fingerprint density at radius 1 is 1.03 bits per heavy atom. The van der Waals surface area contributed by atoms with E-state index in [4.69, 9.17) is 9.47 Å². The smallest absolute Gasteiger partial charge is 0.410 e. The molecule has 6 heteroatoms. The predicted molar refractivity (Wildman–Crippen MR) is 122 cm³/mol. The molecule has 1 aliphatic carbocycles. The summed E-state index contributed by atoms with van der Waals surface area (Å²) in [4.78, 5) is 16.5. The predicted octanol–water partition coefficient (Wildman–Crippen LogP) is 5.72. The molecule has 0 radical (unpaired) electrons. The molecule has 0 N–H and O–H groups in total. The lowest BCUT2D eigenvalue weighted by molar-refractivity contribution is 0.00898. The Hall–Kier alpha value is -1.11. The zero-order valence-electron chi connectivity index (χ0n) is 18.2. The maximum Gasteiger partial charge on any atom is 0.415 e. The molecule has 1 aliphatic rings. The van der Waals surface area contributed by atoms with Crippen molar-refractivity contribution >= 4 is 22.0 Å². The number of hydrogen-bond acceptors (Lipinski definition) is 4. The van der Waals surface area contributed by atoms with Crippen molar-refractivity contribution in [3.05, 3.63) is 28.7 Å². The lowest BCUT2D eigenvalue weighted by Gasteiger charge is -2.34. The average molecular weight is 469 g/mol.